The minimum atomic E-state index is 0.0510. The Bertz CT molecular complexity index is 697. The van der Waals surface area contributed by atoms with Gasteiger partial charge < -0.3 is 14.8 Å². The van der Waals surface area contributed by atoms with Gasteiger partial charge in [0, 0.05) is 13.0 Å². The summed E-state index contributed by atoms with van der Waals surface area (Å²) in [5.41, 5.74) is 3.41. The Morgan fingerprint density at radius 2 is 1.72 bits per heavy atom. The molecule has 1 N–H and O–H groups in total. The minimum Gasteiger partial charge on any atom is -0.490 e. The van der Waals surface area contributed by atoms with E-state index in [-0.39, 0.29) is 5.91 Å². The highest BCUT2D eigenvalue weighted by Gasteiger charge is 2.08. The van der Waals surface area contributed by atoms with Crippen molar-refractivity contribution in [3.8, 4) is 11.5 Å². The maximum absolute atomic E-state index is 12.1. The van der Waals surface area contributed by atoms with Gasteiger partial charge in [-0.2, -0.15) is 0 Å². The van der Waals surface area contributed by atoms with Crippen molar-refractivity contribution in [3.05, 3.63) is 59.2 Å². The fourth-order valence-corrected chi connectivity index (χ4v) is 2.60. The van der Waals surface area contributed by atoms with E-state index in [0.29, 0.717) is 32.6 Å². The third kappa shape index (κ3) is 5.82. The lowest BCUT2D eigenvalue weighted by Crippen LogP contribution is -2.23. The maximum Gasteiger partial charge on any atom is 0.220 e. The lowest BCUT2D eigenvalue weighted by molar-refractivity contribution is -0.121. The molecule has 0 aliphatic carbocycles. The van der Waals surface area contributed by atoms with Gasteiger partial charge in [-0.1, -0.05) is 30.3 Å². The van der Waals surface area contributed by atoms with Gasteiger partial charge in [-0.15, -0.1) is 0 Å². The molecule has 0 bridgehead atoms. The summed E-state index contributed by atoms with van der Waals surface area (Å²) < 4.78 is 11.2. The van der Waals surface area contributed by atoms with Gasteiger partial charge in [-0.05, 0) is 56.0 Å². The van der Waals surface area contributed by atoms with Crippen molar-refractivity contribution in [1.82, 2.24) is 5.32 Å². The zero-order valence-electron chi connectivity index (χ0n) is 15.3. The molecule has 4 heteroatoms. The number of hydrogen-bond acceptors (Lipinski definition) is 3. The maximum atomic E-state index is 12.1. The number of carbonyl (C=O) groups excluding carboxylic acids is 1. The van der Waals surface area contributed by atoms with Gasteiger partial charge in [0.1, 0.15) is 0 Å². The third-order valence-corrected chi connectivity index (χ3v) is 3.99. The van der Waals surface area contributed by atoms with Crippen molar-refractivity contribution < 1.29 is 14.3 Å². The lowest BCUT2D eigenvalue weighted by atomic mass is 10.1. The first kappa shape index (κ1) is 18.8. The van der Waals surface area contributed by atoms with Crippen molar-refractivity contribution in [2.24, 2.45) is 0 Å². The van der Waals surface area contributed by atoms with Crippen LogP contribution in [-0.2, 0) is 17.8 Å². The van der Waals surface area contributed by atoms with Crippen LogP contribution in [0.5, 0.6) is 11.5 Å². The average molecular weight is 341 g/mol. The Morgan fingerprint density at radius 1 is 1.00 bits per heavy atom. The summed E-state index contributed by atoms with van der Waals surface area (Å²) in [6.07, 6.45) is 1.12. The molecule has 0 atom stereocenters. The van der Waals surface area contributed by atoms with E-state index >= 15 is 0 Å². The fourth-order valence-electron chi connectivity index (χ4n) is 2.60. The number of aryl methyl sites for hydroxylation is 2. The SMILES string of the molecule is CCOc1ccc(CCC(=O)NCc2ccccc2C)cc1OCC. The van der Waals surface area contributed by atoms with E-state index in [1.807, 2.05) is 50.2 Å². The Hall–Kier alpha value is -2.49. The summed E-state index contributed by atoms with van der Waals surface area (Å²) in [7, 11) is 0. The molecule has 1 amide bonds. The Balaban J connectivity index is 1.88. The summed E-state index contributed by atoms with van der Waals surface area (Å²) in [6.45, 7) is 7.70. The molecule has 0 saturated carbocycles. The van der Waals surface area contributed by atoms with E-state index in [1.165, 1.54) is 5.56 Å². The molecule has 134 valence electrons. The standard InChI is InChI=1S/C21H27NO3/c1-4-24-19-12-10-17(14-20(19)25-5-2)11-13-21(23)22-15-18-9-7-6-8-16(18)3/h6-10,12,14H,4-5,11,13,15H2,1-3H3,(H,22,23). The molecule has 2 aromatic rings. The van der Waals surface area contributed by atoms with Crippen LogP contribution in [0.2, 0.25) is 0 Å². The summed E-state index contributed by atoms with van der Waals surface area (Å²) >= 11 is 0. The fraction of sp³-hybridized carbons (Fsp3) is 0.381. The molecule has 0 aromatic heterocycles. The largest absolute Gasteiger partial charge is 0.490 e. The van der Waals surface area contributed by atoms with Crippen LogP contribution >= 0.6 is 0 Å². The number of ether oxygens (including phenoxy) is 2. The van der Waals surface area contributed by atoms with E-state index in [4.69, 9.17) is 9.47 Å². The van der Waals surface area contributed by atoms with Crippen LogP contribution in [0.15, 0.2) is 42.5 Å². The predicted octanol–water partition coefficient (Wildman–Crippen LogP) is 4.04. The highest BCUT2D eigenvalue weighted by molar-refractivity contribution is 5.76. The van der Waals surface area contributed by atoms with Crippen LogP contribution in [0.25, 0.3) is 0 Å². The quantitative estimate of drug-likeness (QED) is 0.749. The van der Waals surface area contributed by atoms with Gasteiger partial charge in [0.05, 0.1) is 13.2 Å². The van der Waals surface area contributed by atoms with Crippen LogP contribution in [-0.4, -0.2) is 19.1 Å². The number of carbonyl (C=O) groups is 1. The Morgan fingerprint density at radius 3 is 2.44 bits per heavy atom. The molecule has 4 nitrogen and oxygen atoms in total. The molecule has 0 spiro atoms. The normalized spacial score (nSPS) is 10.4. The molecule has 0 radical (unpaired) electrons. The van der Waals surface area contributed by atoms with Crippen LogP contribution in [0.3, 0.4) is 0 Å². The van der Waals surface area contributed by atoms with Crippen molar-refractivity contribution in [3.63, 3.8) is 0 Å². The van der Waals surface area contributed by atoms with E-state index in [9.17, 15) is 4.79 Å². The molecule has 0 heterocycles. The molecular weight excluding hydrogens is 314 g/mol. The van der Waals surface area contributed by atoms with Crippen LogP contribution < -0.4 is 14.8 Å². The van der Waals surface area contributed by atoms with Gasteiger partial charge in [-0.3, -0.25) is 4.79 Å². The molecule has 0 aliphatic rings. The highest BCUT2D eigenvalue weighted by atomic mass is 16.5. The van der Waals surface area contributed by atoms with E-state index in [1.54, 1.807) is 0 Å². The number of nitrogens with one attached hydrogen (secondary N) is 1. The van der Waals surface area contributed by atoms with Crippen molar-refractivity contribution >= 4 is 5.91 Å². The molecule has 2 aromatic carbocycles. The number of rotatable bonds is 9. The second-order valence-electron chi connectivity index (χ2n) is 5.85. The second-order valence-corrected chi connectivity index (χ2v) is 5.85. The molecule has 25 heavy (non-hydrogen) atoms. The van der Waals surface area contributed by atoms with Gasteiger partial charge >= 0.3 is 0 Å². The van der Waals surface area contributed by atoms with Crippen molar-refractivity contribution in [2.45, 2.75) is 40.2 Å². The van der Waals surface area contributed by atoms with E-state index in [2.05, 4.69) is 18.3 Å². The molecular formula is C21H27NO3. The summed E-state index contributed by atoms with van der Waals surface area (Å²) in [5, 5.41) is 2.99. The van der Waals surface area contributed by atoms with E-state index < -0.39 is 0 Å². The second kappa shape index (κ2) is 9.72. The lowest BCUT2D eigenvalue weighted by Gasteiger charge is -2.12. The molecule has 0 unspecified atom stereocenters. The van der Waals surface area contributed by atoms with Gasteiger partial charge in [-0.25, -0.2) is 0 Å². The molecule has 0 aliphatic heterocycles. The smallest absolute Gasteiger partial charge is 0.220 e. The van der Waals surface area contributed by atoms with Crippen LogP contribution in [0.4, 0.5) is 0 Å². The molecule has 0 fully saturated rings. The van der Waals surface area contributed by atoms with Gasteiger partial charge in [0.25, 0.3) is 0 Å². The topological polar surface area (TPSA) is 47.6 Å². The summed E-state index contributed by atoms with van der Waals surface area (Å²) in [5.74, 6) is 1.54. The summed E-state index contributed by atoms with van der Waals surface area (Å²) in [4.78, 5) is 12.1. The monoisotopic (exact) mass is 341 g/mol. The zero-order chi connectivity index (χ0) is 18.1. The first-order chi connectivity index (χ1) is 12.1. The van der Waals surface area contributed by atoms with Crippen molar-refractivity contribution in [1.29, 1.82) is 0 Å². The first-order valence-corrected chi connectivity index (χ1v) is 8.83. The van der Waals surface area contributed by atoms with E-state index in [0.717, 1.165) is 22.6 Å². The van der Waals surface area contributed by atoms with Crippen molar-refractivity contribution in [2.75, 3.05) is 13.2 Å². The number of amides is 1. The average Bonchev–Trinajstić information content (AvgIpc) is 2.61. The summed E-state index contributed by atoms with van der Waals surface area (Å²) in [6, 6.07) is 13.9. The van der Waals surface area contributed by atoms with Crippen LogP contribution in [0.1, 0.15) is 37.0 Å². The van der Waals surface area contributed by atoms with Crippen LogP contribution in [0, 0.1) is 6.92 Å². The minimum absolute atomic E-state index is 0.0510. The predicted molar refractivity (Wildman–Crippen MR) is 100 cm³/mol. The number of benzene rings is 2. The first-order valence-electron chi connectivity index (χ1n) is 8.83. The Labute approximate surface area is 150 Å². The number of hydrogen-bond donors (Lipinski definition) is 1. The zero-order valence-corrected chi connectivity index (χ0v) is 15.3. The highest BCUT2D eigenvalue weighted by Crippen LogP contribution is 2.29. The van der Waals surface area contributed by atoms with Gasteiger partial charge in [0.2, 0.25) is 5.91 Å². The Kier molecular flexibility index (Phi) is 7.33. The third-order valence-electron chi connectivity index (χ3n) is 3.99. The molecule has 0 saturated heterocycles. The molecule has 2 rings (SSSR count). The van der Waals surface area contributed by atoms with Gasteiger partial charge in [0.15, 0.2) is 11.5 Å².